The third-order valence-electron chi connectivity index (χ3n) is 3.74. The molecule has 25 heavy (non-hydrogen) atoms. The topological polar surface area (TPSA) is 130 Å². The summed E-state index contributed by atoms with van der Waals surface area (Å²) in [7, 11) is 0. The molecule has 0 spiro atoms. The van der Waals surface area contributed by atoms with Crippen LogP contribution in [-0.2, 0) is 9.53 Å². The minimum atomic E-state index is -0.973. The molecule has 8 nitrogen and oxygen atoms in total. The van der Waals surface area contributed by atoms with Crippen LogP contribution in [0, 0.1) is 4.77 Å². The molecule has 5 N–H and O–H groups in total. The Balaban J connectivity index is 2.32. The molecule has 1 aromatic heterocycles. The van der Waals surface area contributed by atoms with E-state index in [0.717, 1.165) is 0 Å². The van der Waals surface area contributed by atoms with Crippen LogP contribution in [0.3, 0.4) is 0 Å². The Bertz CT molecular complexity index is 992. The first-order valence-electron chi connectivity index (χ1n) is 7.43. The number of phenolic OH excluding ortho intramolecular Hbond substituents is 1. The lowest BCUT2D eigenvalue weighted by Gasteiger charge is -2.27. The predicted molar refractivity (Wildman–Crippen MR) is 90.7 cm³/mol. The smallest absolute Gasteiger partial charge is 0.340 e. The number of hydrogen-bond donors (Lipinski definition) is 4. The van der Waals surface area contributed by atoms with E-state index >= 15 is 0 Å². The van der Waals surface area contributed by atoms with E-state index in [2.05, 4.69) is 9.97 Å². The van der Waals surface area contributed by atoms with E-state index in [9.17, 15) is 14.7 Å². The number of hydrogen-bond acceptors (Lipinski definition) is 7. The number of para-hydroxylation sites is 1. The van der Waals surface area contributed by atoms with Crippen LogP contribution in [0.2, 0.25) is 0 Å². The molecule has 1 atom stereocenters. The number of benzene rings is 1. The van der Waals surface area contributed by atoms with Crippen molar-refractivity contribution in [3.05, 3.63) is 62.0 Å². The van der Waals surface area contributed by atoms with E-state index in [0.29, 0.717) is 5.56 Å². The Kier molecular flexibility index (Phi) is 4.32. The second-order valence-corrected chi connectivity index (χ2v) is 5.65. The molecule has 130 valence electrons. The summed E-state index contributed by atoms with van der Waals surface area (Å²) in [6, 6.07) is 6.33. The van der Waals surface area contributed by atoms with E-state index in [1.807, 2.05) is 0 Å². The van der Waals surface area contributed by atoms with Gasteiger partial charge in [-0.1, -0.05) is 18.2 Å². The summed E-state index contributed by atoms with van der Waals surface area (Å²) in [5.41, 5.74) is 5.68. The molecule has 0 saturated heterocycles. The Morgan fingerprint density at radius 3 is 2.80 bits per heavy atom. The summed E-state index contributed by atoms with van der Waals surface area (Å²) in [4.78, 5) is 30.1. The highest BCUT2D eigenvalue weighted by Gasteiger charge is 2.39. The first-order chi connectivity index (χ1) is 11.9. The summed E-state index contributed by atoms with van der Waals surface area (Å²) in [6.45, 7) is 1.76. The Hall–Kier alpha value is -3.07. The highest BCUT2D eigenvalue weighted by molar-refractivity contribution is 7.71. The minimum Gasteiger partial charge on any atom is -0.508 e. The number of ether oxygens (including phenoxy) is 2. The van der Waals surface area contributed by atoms with Gasteiger partial charge >= 0.3 is 5.97 Å². The van der Waals surface area contributed by atoms with Crippen LogP contribution in [0.25, 0.3) is 0 Å². The predicted octanol–water partition coefficient (Wildman–Crippen LogP) is 1.40. The molecule has 3 rings (SSSR count). The highest BCUT2D eigenvalue weighted by atomic mass is 32.1. The second kappa shape index (κ2) is 6.44. The fraction of sp³-hybridized carbons (Fsp3) is 0.188. The molecule has 0 unspecified atom stereocenters. The molecule has 1 aromatic carbocycles. The minimum absolute atomic E-state index is 0.0209. The molecular weight excluding hydrogens is 346 g/mol. The number of aromatic nitrogens is 2. The SMILES string of the molecule is CCOC(=O)C1=C(N)Oc2[nH]c(=S)[nH]c(=O)c2[C@@H]1c1ccccc1O. The molecule has 9 heteroatoms. The van der Waals surface area contributed by atoms with Crippen LogP contribution in [0.5, 0.6) is 11.6 Å². The molecule has 0 aliphatic carbocycles. The van der Waals surface area contributed by atoms with Crippen molar-refractivity contribution >= 4 is 18.2 Å². The number of esters is 1. The van der Waals surface area contributed by atoms with Gasteiger partial charge in [-0.25, -0.2) is 4.79 Å². The van der Waals surface area contributed by atoms with Crippen molar-refractivity contribution in [2.45, 2.75) is 12.8 Å². The van der Waals surface area contributed by atoms with Crippen molar-refractivity contribution in [1.29, 1.82) is 0 Å². The number of H-pyrrole nitrogens is 2. The maximum absolute atomic E-state index is 12.5. The van der Waals surface area contributed by atoms with Gasteiger partial charge in [0.15, 0.2) is 4.77 Å². The quantitative estimate of drug-likeness (QED) is 0.480. The Morgan fingerprint density at radius 1 is 1.40 bits per heavy atom. The first kappa shape index (κ1) is 16.8. The molecular formula is C16H15N3O5S. The van der Waals surface area contributed by atoms with Crippen molar-refractivity contribution < 1.29 is 19.4 Å². The Labute approximate surface area is 146 Å². The van der Waals surface area contributed by atoms with Gasteiger partial charge in [0.05, 0.1) is 18.1 Å². The lowest BCUT2D eigenvalue weighted by molar-refractivity contribution is -0.139. The van der Waals surface area contributed by atoms with Gasteiger partial charge in [-0.3, -0.25) is 9.78 Å². The van der Waals surface area contributed by atoms with Crippen LogP contribution in [-0.4, -0.2) is 27.7 Å². The molecule has 0 bridgehead atoms. The summed E-state index contributed by atoms with van der Waals surface area (Å²) in [5.74, 6) is -2.01. The second-order valence-electron chi connectivity index (χ2n) is 5.24. The van der Waals surface area contributed by atoms with Gasteiger partial charge in [0.1, 0.15) is 11.3 Å². The first-order valence-corrected chi connectivity index (χ1v) is 7.83. The van der Waals surface area contributed by atoms with Gasteiger partial charge in [0.25, 0.3) is 5.56 Å². The molecule has 0 saturated carbocycles. The summed E-state index contributed by atoms with van der Waals surface area (Å²) in [6.07, 6.45) is 0. The number of nitrogens with one attached hydrogen (secondary N) is 2. The number of rotatable bonds is 3. The molecule has 1 aliphatic heterocycles. The lowest BCUT2D eigenvalue weighted by atomic mass is 9.84. The van der Waals surface area contributed by atoms with Gasteiger partial charge in [-0.2, -0.15) is 0 Å². The maximum atomic E-state index is 12.5. The van der Waals surface area contributed by atoms with Crippen molar-refractivity contribution in [2.24, 2.45) is 5.73 Å². The van der Waals surface area contributed by atoms with Crippen LogP contribution < -0.4 is 16.0 Å². The zero-order valence-electron chi connectivity index (χ0n) is 13.2. The van der Waals surface area contributed by atoms with Gasteiger partial charge in [0, 0.05) is 5.56 Å². The van der Waals surface area contributed by atoms with Crippen molar-refractivity contribution in [3.63, 3.8) is 0 Å². The number of aromatic amines is 2. The standard InChI is InChI=1S/C16H15N3O5S/c1-2-23-15(22)10-9(7-5-3-4-6-8(7)20)11-13(21)18-16(25)19-14(11)24-12(10)17/h3-6,9,20H,2,17H2,1H3,(H2,18,19,21,25)/t9-/m1/s1. The third-order valence-corrected chi connectivity index (χ3v) is 3.95. The summed E-state index contributed by atoms with van der Waals surface area (Å²) < 4.78 is 10.5. The number of phenols is 1. The Morgan fingerprint density at radius 2 is 2.12 bits per heavy atom. The fourth-order valence-corrected chi connectivity index (χ4v) is 2.92. The summed E-state index contributed by atoms with van der Waals surface area (Å²) in [5, 5.41) is 10.3. The van der Waals surface area contributed by atoms with Crippen molar-refractivity contribution in [3.8, 4) is 11.6 Å². The van der Waals surface area contributed by atoms with E-state index in [-0.39, 0.29) is 40.0 Å². The van der Waals surface area contributed by atoms with Gasteiger partial charge in [-0.15, -0.1) is 0 Å². The van der Waals surface area contributed by atoms with Gasteiger partial charge in [-0.05, 0) is 25.2 Å². The highest BCUT2D eigenvalue weighted by Crippen LogP contribution is 2.42. The molecule has 1 aliphatic rings. The molecule has 0 radical (unpaired) electrons. The molecule has 2 heterocycles. The number of carbonyl (C=O) groups excluding carboxylic acids is 1. The van der Waals surface area contributed by atoms with E-state index < -0.39 is 17.4 Å². The number of aromatic hydroxyl groups is 1. The molecule has 0 amide bonds. The van der Waals surface area contributed by atoms with Crippen LogP contribution >= 0.6 is 12.2 Å². The lowest BCUT2D eigenvalue weighted by Crippen LogP contribution is -2.32. The third kappa shape index (κ3) is 2.89. The van der Waals surface area contributed by atoms with Crippen LogP contribution in [0.1, 0.15) is 24.0 Å². The van der Waals surface area contributed by atoms with Crippen molar-refractivity contribution in [1.82, 2.24) is 9.97 Å². The summed E-state index contributed by atoms with van der Waals surface area (Å²) >= 11 is 4.94. The monoisotopic (exact) mass is 361 g/mol. The van der Waals surface area contributed by atoms with E-state index in [1.54, 1.807) is 25.1 Å². The number of nitrogens with two attached hydrogens (primary N) is 1. The fourth-order valence-electron chi connectivity index (χ4n) is 2.74. The van der Waals surface area contributed by atoms with Gasteiger partial charge < -0.3 is 25.3 Å². The zero-order valence-corrected chi connectivity index (χ0v) is 14.0. The van der Waals surface area contributed by atoms with Crippen LogP contribution in [0.4, 0.5) is 0 Å². The molecule has 0 fully saturated rings. The zero-order chi connectivity index (χ0) is 18.1. The largest absolute Gasteiger partial charge is 0.508 e. The van der Waals surface area contributed by atoms with E-state index in [4.69, 9.17) is 27.4 Å². The number of carbonyl (C=O) groups is 1. The van der Waals surface area contributed by atoms with Crippen molar-refractivity contribution in [2.75, 3.05) is 6.61 Å². The average molecular weight is 361 g/mol. The van der Waals surface area contributed by atoms with Gasteiger partial charge in [0.2, 0.25) is 11.8 Å². The van der Waals surface area contributed by atoms with E-state index in [1.165, 1.54) is 6.07 Å². The number of fused-ring (bicyclic) bond motifs is 1. The molecule has 2 aromatic rings. The normalized spacial score (nSPS) is 16.1. The average Bonchev–Trinajstić information content (AvgIpc) is 2.53. The van der Waals surface area contributed by atoms with Crippen LogP contribution in [0.15, 0.2) is 40.5 Å². The maximum Gasteiger partial charge on any atom is 0.340 e.